The molecule has 5 nitrogen and oxygen atoms in total. The summed E-state index contributed by atoms with van der Waals surface area (Å²) in [6.07, 6.45) is 8.60. The van der Waals surface area contributed by atoms with Crippen molar-refractivity contribution in [1.82, 2.24) is 10.2 Å². The van der Waals surface area contributed by atoms with Crippen LogP contribution in [0.25, 0.3) is 10.6 Å². The van der Waals surface area contributed by atoms with Crippen molar-refractivity contribution in [2.75, 3.05) is 0 Å². The lowest BCUT2D eigenvalue weighted by atomic mass is 9.84. The first-order valence-electron chi connectivity index (χ1n) is 9.25. The zero-order valence-corrected chi connectivity index (χ0v) is 16.2. The highest BCUT2D eigenvalue weighted by Gasteiger charge is 2.36. The first-order valence-corrected chi connectivity index (χ1v) is 10.1. The van der Waals surface area contributed by atoms with Gasteiger partial charge in [0.2, 0.25) is 0 Å². The number of nitriles is 1. The van der Waals surface area contributed by atoms with Crippen LogP contribution in [0.5, 0.6) is 5.75 Å². The fourth-order valence-corrected chi connectivity index (χ4v) is 4.85. The standard InChI is InChI=1S/C21H22N4OS/c1-12(2)26-19-9-6-13(10-14(19)11-22)20-24-25-21(27-20)17-5-3-4-16-15(17)7-8-18(16)23/h3-6,9-10,12,15,17-18H,7-8,23H2,1-2H3. The highest BCUT2D eigenvalue weighted by molar-refractivity contribution is 7.14. The van der Waals surface area contributed by atoms with Gasteiger partial charge < -0.3 is 10.5 Å². The zero-order chi connectivity index (χ0) is 19.0. The predicted octanol–water partition coefficient (Wildman–Crippen LogP) is 4.18. The molecule has 0 saturated heterocycles. The van der Waals surface area contributed by atoms with Crippen LogP contribution in [0.2, 0.25) is 0 Å². The highest BCUT2D eigenvalue weighted by atomic mass is 32.1. The summed E-state index contributed by atoms with van der Waals surface area (Å²) < 4.78 is 5.70. The van der Waals surface area contributed by atoms with Crippen LogP contribution in [0.1, 0.15) is 43.2 Å². The van der Waals surface area contributed by atoms with Crippen molar-refractivity contribution in [2.45, 2.75) is 44.8 Å². The molecule has 2 N–H and O–H groups in total. The van der Waals surface area contributed by atoms with E-state index in [0.29, 0.717) is 17.2 Å². The molecule has 138 valence electrons. The summed E-state index contributed by atoms with van der Waals surface area (Å²) in [6.45, 7) is 3.89. The Morgan fingerprint density at radius 2 is 2.15 bits per heavy atom. The summed E-state index contributed by atoms with van der Waals surface area (Å²) in [6, 6.07) is 7.99. The molecule has 1 aromatic heterocycles. The molecule has 3 atom stereocenters. The molecule has 2 aliphatic carbocycles. The average molecular weight is 379 g/mol. The molecule has 3 unspecified atom stereocenters. The number of hydrogen-bond acceptors (Lipinski definition) is 6. The van der Waals surface area contributed by atoms with Gasteiger partial charge in [0.15, 0.2) is 0 Å². The summed E-state index contributed by atoms with van der Waals surface area (Å²) in [4.78, 5) is 0. The Kier molecular flexibility index (Phi) is 4.81. The number of ether oxygens (including phenoxy) is 1. The molecule has 1 fully saturated rings. The van der Waals surface area contributed by atoms with E-state index < -0.39 is 0 Å². The Bertz CT molecular complexity index is 953. The summed E-state index contributed by atoms with van der Waals surface area (Å²) in [7, 11) is 0. The second kappa shape index (κ2) is 7.26. The smallest absolute Gasteiger partial charge is 0.147 e. The molecule has 1 aromatic carbocycles. The van der Waals surface area contributed by atoms with Crippen molar-refractivity contribution in [3.8, 4) is 22.4 Å². The Morgan fingerprint density at radius 3 is 2.93 bits per heavy atom. The van der Waals surface area contributed by atoms with E-state index in [0.717, 1.165) is 28.4 Å². The predicted molar refractivity (Wildman–Crippen MR) is 106 cm³/mol. The molecule has 0 amide bonds. The maximum absolute atomic E-state index is 9.45. The molecule has 1 saturated carbocycles. The molecule has 0 bridgehead atoms. The molecule has 27 heavy (non-hydrogen) atoms. The third kappa shape index (κ3) is 3.41. The van der Waals surface area contributed by atoms with E-state index in [2.05, 4.69) is 34.5 Å². The largest absolute Gasteiger partial charge is 0.490 e. The van der Waals surface area contributed by atoms with Crippen LogP contribution in [-0.4, -0.2) is 22.3 Å². The Labute approximate surface area is 163 Å². The third-order valence-electron chi connectivity index (χ3n) is 5.12. The van der Waals surface area contributed by atoms with E-state index >= 15 is 0 Å². The summed E-state index contributed by atoms with van der Waals surface area (Å²) >= 11 is 1.59. The molecular formula is C21H22N4OS. The number of rotatable bonds is 4. The summed E-state index contributed by atoms with van der Waals surface area (Å²) in [5, 5.41) is 20.1. The van der Waals surface area contributed by atoms with Crippen LogP contribution in [0.15, 0.2) is 42.0 Å². The number of benzene rings is 1. The summed E-state index contributed by atoms with van der Waals surface area (Å²) in [5.41, 5.74) is 8.97. The molecule has 6 heteroatoms. The summed E-state index contributed by atoms with van der Waals surface area (Å²) in [5.74, 6) is 1.27. The number of aromatic nitrogens is 2. The Hall–Kier alpha value is -2.49. The van der Waals surface area contributed by atoms with Gasteiger partial charge in [-0.3, -0.25) is 0 Å². The third-order valence-corrected chi connectivity index (χ3v) is 6.19. The quantitative estimate of drug-likeness (QED) is 0.862. The minimum absolute atomic E-state index is 0.0224. The van der Waals surface area contributed by atoms with Crippen LogP contribution in [0.3, 0.4) is 0 Å². The number of allylic oxidation sites excluding steroid dienone is 3. The molecule has 1 heterocycles. The number of hydrogen-bond donors (Lipinski definition) is 1. The SMILES string of the molecule is CC(C)Oc1ccc(-c2nnc(C3C=CC=C4C(N)CCC43)s2)cc1C#N. The van der Waals surface area contributed by atoms with Crippen molar-refractivity contribution in [3.05, 3.63) is 52.6 Å². The van der Waals surface area contributed by atoms with Crippen LogP contribution in [-0.2, 0) is 0 Å². The molecular weight excluding hydrogens is 356 g/mol. The van der Waals surface area contributed by atoms with Gasteiger partial charge in [0.25, 0.3) is 0 Å². The van der Waals surface area contributed by atoms with E-state index in [1.165, 1.54) is 5.57 Å². The van der Waals surface area contributed by atoms with Gasteiger partial charge in [0.1, 0.15) is 21.8 Å². The van der Waals surface area contributed by atoms with Crippen LogP contribution in [0, 0.1) is 17.2 Å². The lowest BCUT2D eigenvalue weighted by molar-refractivity contribution is 0.242. The molecule has 0 spiro atoms. The molecule has 0 radical (unpaired) electrons. The van der Waals surface area contributed by atoms with Crippen molar-refractivity contribution < 1.29 is 4.74 Å². The van der Waals surface area contributed by atoms with Crippen molar-refractivity contribution in [3.63, 3.8) is 0 Å². The van der Waals surface area contributed by atoms with Crippen LogP contribution < -0.4 is 10.5 Å². The average Bonchev–Trinajstić information content (AvgIpc) is 3.29. The molecule has 2 aromatic rings. The normalized spacial score (nSPS) is 23.8. The zero-order valence-electron chi connectivity index (χ0n) is 15.4. The minimum Gasteiger partial charge on any atom is -0.490 e. The van der Waals surface area contributed by atoms with Gasteiger partial charge in [-0.15, -0.1) is 10.2 Å². The lowest BCUT2D eigenvalue weighted by Gasteiger charge is -2.23. The van der Waals surface area contributed by atoms with Gasteiger partial charge in [-0.2, -0.15) is 5.26 Å². The first-order chi connectivity index (χ1) is 13.1. The van der Waals surface area contributed by atoms with Gasteiger partial charge >= 0.3 is 0 Å². The maximum atomic E-state index is 9.45. The van der Waals surface area contributed by atoms with Crippen LogP contribution >= 0.6 is 11.3 Å². The van der Waals surface area contributed by atoms with Crippen molar-refractivity contribution in [2.24, 2.45) is 11.7 Å². The molecule has 2 aliphatic rings. The van der Waals surface area contributed by atoms with Crippen molar-refractivity contribution >= 4 is 11.3 Å². The number of nitrogens with two attached hydrogens (primary N) is 1. The molecule has 0 aliphatic heterocycles. The highest BCUT2D eigenvalue weighted by Crippen LogP contribution is 2.45. The lowest BCUT2D eigenvalue weighted by Crippen LogP contribution is -2.22. The van der Waals surface area contributed by atoms with Gasteiger partial charge in [-0.05, 0) is 56.4 Å². The van der Waals surface area contributed by atoms with E-state index in [4.69, 9.17) is 10.5 Å². The molecule has 4 rings (SSSR count). The topological polar surface area (TPSA) is 84.8 Å². The fourth-order valence-electron chi connectivity index (χ4n) is 3.87. The number of nitrogens with zero attached hydrogens (tertiary/aromatic N) is 3. The van der Waals surface area contributed by atoms with Gasteiger partial charge in [-0.25, -0.2) is 0 Å². The second-order valence-corrected chi connectivity index (χ2v) is 8.31. The van der Waals surface area contributed by atoms with Crippen LogP contribution in [0.4, 0.5) is 0 Å². The maximum Gasteiger partial charge on any atom is 0.147 e. The van der Waals surface area contributed by atoms with E-state index in [1.54, 1.807) is 11.3 Å². The van der Waals surface area contributed by atoms with Crippen molar-refractivity contribution in [1.29, 1.82) is 5.26 Å². The van der Waals surface area contributed by atoms with E-state index in [1.807, 2.05) is 32.0 Å². The monoisotopic (exact) mass is 378 g/mol. The van der Waals surface area contributed by atoms with E-state index in [-0.39, 0.29) is 18.1 Å². The van der Waals surface area contributed by atoms with Gasteiger partial charge in [-0.1, -0.05) is 29.6 Å². The second-order valence-electron chi connectivity index (χ2n) is 7.30. The fraction of sp³-hybridized carbons (Fsp3) is 0.381. The van der Waals surface area contributed by atoms with Gasteiger partial charge in [0.05, 0.1) is 11.7 Å². The first kappa shape index (κ1) is 17.9. The van der Waals surface area contributed by atoms with Gasteiger partial charge in [0, 0.05) is 17.5 Å². The Morgan fingerprint density at radius 1 is 1.30 bits per heavy atom. The minimum atomic E-state index is 0.0224. The van der Waals surface area contributed by atoms with E-state index in [9.17, 15) is 5.26 Å². The Balaban J connectivity index is 1.61. The number of fused-ring (bicyclic) bond motifs is 1.